The van der Waals surface area contributed by atoms with Crippen LogP contribution in [-0.2, 0) is 4.79 Å². The Bertz CT molecular complexity index is 464. The van der Waals surface area contributed by atoms with E-state index < -0.39 is 11.6 Å². The summed E-state index contributed by atoms with van der Waals surface area (Å²) in [6, 6.07) is 3.65. The van der Waals surface area contributed by atoms with Crippen molar-refractivity contribution in [2.24, 2.45) is 5.92 Å². The molecule has 0 saturated carbocycles. The molecule has 0 aromatic heterocycles. The fraction of sp³-hybridized carbons (Fsp3) is 0.500. The van der Waals surface area contributed by atoms with Crippen LogP contribution in [0.15, 0.2) is 23.1 Å². The van der Waals surface area contributed by atoms with Crippen molar-refractivity contribution in [3.05, 3.63) is 29.8 Å². The predicted molar refractivity (Wildman–Crippen MR) is 75.7 cm³/mol. The van der Waals surface area contributed by atoms with E-state index in [0.717, 1.165) is 31.6 Å². The lowest BCUT2D eigenvalue weighted by molar-refractivity contribution is -0.118. The first-order chi connectivity index (χ1) is 9.65. The van der Waals surface area contributed by atoms with Crippen LogP contribution < -0.4 is 10.6 Å². The smallest absolute Gasteiger partial charge is 0.230 e. The van der Waals surface area contributed by atoms with Crippen LogP contribution in [0, 0.1) is 17.6 Å². The molecule has 0 bridgehead atoms. The maximum absolute atomic E-state index is 13.0. The number of nitrogens with one attached hydrogen (secondary N) is 2. The molecule has 20 heavy (non-hydrogen) atoms. The third-order valence-electron chi connectivity index (χ3n) is 3.30. The zero-order valence-corrected chi connectivity index (χ0v) is 11.9. The molecular weight excluding hydrogens is 282 g/mol. The van der Waals surface area contributed by atoms with Gasteiger partial charge in [0.25, 0.3) is 0 Å². The summed E-state index contributed by atoms with van der Waals surface area (Å²) in [6.45, 7) is 2.76. The lowest BCUT2D eigenvalue weighted by Crippen LogP contribution is -2.27. The number of thioether (sulfide) groups is 1. The summed E-state index contributed by atoms with van der Waals surface area (Å²) in [4.78, 5) is 12.2. The second-order valence-corrected chi connectivity index (χ2v) is 5.91. The molecule has 1 unspecified atom stereocenters. The van der Waals surface area contributed by atoms with E-state index in [2.05, 4.69) is 10.6 Å². The van der Waals surface area contributed by atoms with Gasteiger partial charge in [-0.1, -0.05) is 0 Å². The van der Waals surface area contributed by atoms with Crippen LogP contribution in [0.25, 0.3) is 0 Å². The van der Waals surface area contributed by atoms with Crippen LogP contribution >= 0.6 is 11.8 Å². The third-order valence-corrected chi connectivity index (χ3v) is 4.29. The number of rotatable bonds is 6. The highest BCUT2D eigenvalue weighted by Gasteiger charge is 2.14. The van der Waals surface area contributed by atoms with Crippen molar-refractivity contribution in [2.75, 3.05) is 25.4 Å². The largest absolute Gasteiger partial charge is 0.355 e. The van der Waals surface area contributed by atoms with E-state index in [1.807, 2.05) is 0 Å². The van der Waals surface area contributed by atoms with Gasteiger partial charge >= 0.3 is 0 Å². The minimum absolute atomic E-state index is 0.0781. The lowest BCUT2D eigenvalue weighted by Gasteiger charge is -2.09. The van der Waals surface area contributed by atoms with Crippen molar-refractivity contribution < 1.29 is 13.6 Å². The monoisotopic (exact) mass is 300 g/mol. The fourth-order valence-corrected chi connectivity index (χ4v) is 2.89. The van der Waals surface area contributed by atoms with Crippen molar-refractivity contribution in [3.8, 4) is 0 Å². The molecule has 2 rings (SSSR count). The summed E-state index contributed by atoms with van der Waals surface area (Å²) in [6.07, 6.45) is 2.15. The minimum Gasteiger partial charge on any atom is -0.355 e. The van der Waals surface area contributed by atoms with E-state index in [9.17, 15) is 13.6 Å². The van der Waals surface area contributed by atoms with Crippen molar-refractivity contribution in [1.29, 1.82) is 0 Å². The van der Waals surface area contributed by atoms with Crippen molar-refractivity contribution in [1.82, 2.24) is 10.6 Å². The molecule has 0 radical (unpaired) electrons. The summed E-state index contributed by atoms with van der Waals surface area (Å²) >= 11 is 1.20. The number of carbonyl (C=O) groups is 1. The Balaban J connectivity index is 1.65. The molecular formula is C14H18F2N2OS. The van der Waals surface area contributed by atoms with Crippen molar-refractivity contribution >= 4 is 17.7 Å². The second kappa shape index (κ2) is 7.59. The molecule has 1 aliphatic heterocycles. The standard InChI is InChI=1S/C14H18F2N2OS/c15-12-2-1-11(7-13(12)16)20-9-14(19)18-6-4-10-3-5-17-8-10/h1-2,7,10,17H,3-6,8-9H2,(H,18,19). The lowest BCUT2D eigenvalue weighted by atomic mass is 10.1. The van der Waals surface area contributed by atoms with Crippen LogP contribution in [0.1, 0.15) is 12.8 Å². The summed E-state index contributed by atoms with van der Waals surface area (Å²) in [5.41, 5.74) is 0. The highest BCUT2D eigenvalue weighted by Crippen LogP contribution is 2.20. The van der Waals surface area contributed by atoms with E-state index in [4.69, 9.17) is 0 Å². The van der Waals surface area contributed by atoms with Crippen LogP contribution in [-0.4, -0.2) is 31.3 Å². The topological polar surface area (TPSA) is 41.1 Å². The molecule has 110 valence electrons. The summed E-state index contributed by atoms with van der Waals surface area (Å²) in [5.74, 6) is -0.971. The van der Waals surface area contributed by atoms with Gasteiger partial charge in [0.15, 0.2) is 11.6 Å². The van der Waals surface area contributed by atoms with Crippen molar-refractivity contribution in [2.45, 2.75) is 17.7 Å². The van der Waals surface area contributed by atoms with Gasteiger partial charge in [-0.3, -0.25) is 4.79 Å². The van der Waals surface area contributed by atoms with E-state index in [-0.39, 0.29) is 11.7 Å². The van der Waals surface area contributed by atoms with Gasteiger partial charge in [0.05, 0.1) is 5.75 Å². The molecule has 6 heteroatoms. The molecule has 1 amide bonds. The number of halogens is 2. The molecule has 0 aliphatic carbocycles. The zero-order valence-electron chi connectivity index (χ0n) is 11.1. The molecule has 1 saturated heterocycles. The van der Waals surface area contributed by atoms with Gasteiger partial charge in [0.1, 0.15) is 0 Å². The van der Waals surface area contributed by atoms with E-state index in [0.29, 0.717) is 17.4 Å². The Hall–Kier alpha value is -1.14. The van der Waals surface area contributed by atoms with Crippen molar-refractivity contribution in [3.63, 3.8) is 0 Å². The Morgan fingerprint density at radius 1 is 1.40 bits per heavy atom. The number of carbonyl (C=O) groups excluding carboxylic acids is 1. The molecule has 3 nitrogen and oxygen atoms in total. The zero-order chi connectivity index (χ0) is 14.4. The summed E-state index contributed by atoms with van der Waals surface area (Å²) < 4.78 is 25.7. The highest BCUT2D eigenvalue weighted by molar-refractivity contribution is 8.00. The summed E-state index contributed by atoms with van der Waals surface area (Å²) in [5, 5.41) is 6.13. The average molecular weight is 300 g/mol. The summed E-state index contributed by atoms with van der Waals surface area (Å²) in [7, 11) is 0. The normalized spacial score (nSPS) is 18.2. The van der Waals surface area contributed by atoms with Crippen LogP contribution in [0.4, 0.5) is 8.78 Å². The fourth-order valence-electron chi connectivity index (χ4n) is 2.14. The van der Waals surface area contributed by atoms with E-state index in [1.54, 1.807) is 0 Å². The van der Waals surface area contributed by atoms with Gasteiger partial charge in [-0.2, -0.15) is 0 Å². The average Bonchev–Trinajstić information content (AvgIpc) is 2.93. The molecule has 1 aromatic carbocycles. The Kier molecular flexibility index (Phi) is 5.79. The Morgan fingerprint density at radius 3 is 2.95 bits per heavy atom. The number of hydrogen-bond donors (Lipinski definition) is 2. The van der Waals surface area contributed by atoms with Crippen LogP contribution in [0.5, 0.6) is 0 Å². The maximum Gasteiger partial charge on any atom is 0.230 e. The second-order valence-electron chi connectivity index (χ2n) is 4.86. The SMILES string of the molecule is O=C(CSc1ccc(F)c(F)c1)NCCC1CCNC1. The first-order valence-electron chi connectivity index (χ1n) is 6.70. The van der Waals surface area contributed by atoms with E-state index >= 15 is 0 Å². The van der Waals surface area contributed by atoms with E-state index in [1.165, 1.54) is 24.2 Å². The highest BCUT2D eigenvalue weighted by atomic mass is 32.2. The third kappa shape index (κ3) is 4.76. The Morgan fingerprint density at radius 2 is 2.25 bits per heavy atom. The number of benzene rings is 1. The van der Waals surface area contributed by atoms with Gasteiger partial charge in [-0.05, 0) is 50.0 Å². The van der Waals surface area contributed by atoms with Gasteiger partial charge in [0.2, 0.25) is 5.91 Å². The Labute approximate surface area is 121 Å². The maximum atomic E-state index is 13.0. The molecule has 0 spiro atoms. The van der Waals surface area contributed by atoms with Gasteiger partial charge in [-0.15, -0.1) is 11.8 Å². The predicted octanol–water partition coefficient (Wildman–Crippen LogP) is 2.17. The molecule has 1 atom stereocenters. The van der Waals surface area contributed by atoms with Crippen LogP contribution in [0.3, 0.4) is 0 Å². The molecule has 1 aliphatic rings. The molecule has 1 fully saturated rings. The first kappa shape index (κ1) is 15.3. The van der Waals surface area contributed by atoms with Gasteiger partial charge in [0, 0.05) is 11.4 Å². The van der Waals surface area contributed by atoms with Gasteiger partial charge in [-0.25, -0.2) is 8.78 Å². The number of amides is 1. The molecule has 1 heterocycles. The quantitative estimate of drug-likeness (QED) is 0.791. The number of hydrogen-bond acceptors (Lipinski definition) is 3. The molecule has 1 aromatic rings. The molecule has 2 N–H and O–H groups in total. The minimum atomic E-state index is -0.885. The van der Waals surface area contributed by atoms with Gasteiger partial charge < -0.3 is 10.6 Å². The van der Waals surface area contributed by atoms with Crippen LogP contribution in [0.2, 0.25) is 0 Å². The first-order valence-corrected chi connectivity index (χ1v) is 7.69.